The Bertz CT molecular complexity index is 177. The van der Waals surface area contributed by atoms with Gasteiger partial charge >= 0.3 is 0 Å². The summed E-state index contributed by atoms with van der Waals surface area (Å²) < 4.78 is 0. The maximum Gasteiger partial charge on any atom is 0.0174 e. The first-order valence-corrected chi connectivity index (χ1v) is 4.27. The van der Waals surface area contributed by atoms with Gasteiger partial charge in [-0.1, -0.05) is 17.7 Å². The van der Waals surface area contributed by atoms with Crippen molar-refractivity contribution in [3.63, 3.8) is 0 Å². The van der Waals surface area contributed by atoms with Gasteiger partial charge in [-0.25, -0.2) is 0 Å². The normalized spacial score (nSPS) is 18.4. The highest BCUT2D eigenvalue weighted by Crippen LogP contribution is 2.19. The number of hydrogen-bond donors (Lipinski definition) is 1. The second kappa shape index (κ2) is 4.89. The first-order valence-electron chi connectivity index (χ1n) is 4.27. The Morgan fingerprint density at radius 1 is 1.45 bits per heavy atom. The quantitative estimate of drug-likeness (QED) is 0.471. The van der Waals surface area contributed by atoms with Gasteiger partial charge in [0.2, 0.25) is 0 Å². The third-order valence-electron chi connectivity index (χ3n) is 2.00. The lowest BCUT2D eigenvalue weighted by atomic mass is 9.97. The first kappa shape index (κ1) is 8.25. The molecule has 0 fully saturated rings. The molecule has 0 unspecified atom stereocenters. The minimum atomic E-state index is 1.05. The molecule has 0 bridgehead atoms. The van der Waals surface area contributed by atoms with E-state index in [1.165, 1.54) is 31.9 Å². The maximum absolute atomic E-state index is 6.79. The Morgan fingerprint density at radius 3 is 3.00 bits per heavy atom. The summed E-state index contributed by atoms with van der Waals surface area (Å²) in [6, 6.07) is 0. The van der Waals surface area contributed by atoms with Crippen molar-refractivity contribution in [2.45, 2.75) is 32.1 Å². The molecule has 0 aliphatic heterocycles. The van der Waals surface area contributed by atoms with Crippen LogP contribution < -0.4 is 0 Å². The standard InChI is InChI=1S/C10H15N/c11-9-5-4-8-10-6-2-1-3-7-10/h4-6,9,11H,1-3,7-8H2/b5-4-,11-9?. The predicted molar refractivity (Wildman–Crippen MR) is 49.1 cm³/mol. The number of hydrogen-bond acceptors (Lipinski definition) is 1. The van der Waals surface area contributed by atoms with E-state index in [4.69, 9.17) is 5.41 Å². The maximum atomic E-state index is 6.79. The highest BCUT2D eigenvalue weighted by Gasteiger charge is 2.00. The van der Waals surface area contributed by atoms with E-state index in [1.54, 1.807) is 11.6 Å². The molecular weight excluding hydrogens is 134 g/mol. The molecule has 0 aromatic heterocycles. The van der Waals surface area contributed by atoms with Crippen molar-refractivity contribution < 1.29 is 0 Å². The van der Waals surface area contributed by atoms with Gasteiger partial charge in [-0.15, -0.1) is 0 Å². The van der Waals surface area contributed by atoms with Crippen LogP contribution in [0.2, 0.25) is 0 Å². The second-order valence-electron chi connectivity index (χ2n) is 2.91. The zero-order chi connectivity index (χ0) is 7.94. The topological polar surface area (TPSA) is 23.9 Å². The van der Waals surface area contributed by atoms with Crippen molar-refractivity contribution in [1.29, 1.82) is 5.41 Å². The van der Waals surface area contributed by atoms with Crippen LogP contribution in [0.1, 0.15) is 32.1 Å². The molecule has 1 nitrogen and oxygen atoms in total. The Kier molecular flexibility index (Phi) is 3.67. The average Bonchev–Trinajstić information content (AvgIpc) is 2.07. The minimum Gasteiger partial charge on any atom is -0.309 e. The fourth-order valence-electron chi connectivity index (χ4n) is 1.38. The number of allylic oxidation sites excluding steroid dienone is 4. The van der Waals surface area contributed by atoms with Gasteiger partial charge in [0.1, 0.15) is 0 Å². The SMILES string of the molecule is N=C/C=C\CC1=CCCCC1. The molecule has 0 aromatic rings. The van der Waals surface area contributed by atoms with Gasteiger partial charge in [0, 0.05) is 6.21 Å². The van der Waals surface area contributed by atoms with Crippen LogP contribution in [-0.4, -0.2) is 6.21 Å². The third-order valence-corrected chi connectivity index (χ3v) is 2.00. The molecule has 60 valence electrons. The summed E-state index contributed by atoms with van der Waals surface area (Å²) in [5.41, 5.74) is 1.55. The summed E-state index contributed by atoms with van der Waals surface area (Å²) in [5, 5.41) is 6.79. The molecule has 0 radical (unpaired) electrons. The highest BCUT2D eigenvalue weighted by molar-refractivity contribution is 5.67. The van der Waals surface area contributed by atoms with Crippen LogP contribution in [0.4, 0.5) is 0 Å². The van der Waals surface area contributed by atoms with Gasteiger partial charge < -0.3 is 5.41 Å². The van der Waals surface area contributed by atoms with Crippen molar-refractivity contribution in [3.05, 3.63) is 23.8 Å². The van der Waals surface area contributed by atoms with Crippen LogP contribution in [-0.2, 0) is 0 Å². The molecule has 0 amide bonds. The molecule has 1 heteroatoms. The van der Waals surface area contributed by atoms with Gasteiger partial charge in [-0.05, 0) is 38.2 Å². The zero-order valence-corrected chi connectivity index (χ0v) is 6.84. The van der Waals surface area contributed by atoms with Crippen LogP contribution >= 0.6 is 0 Å². The molecule has 1 rings (SSSR count). The van der Waals surface area contributed by atoms with Crippen LogP contribution in [0.25, 0.3) is 0 Å². The lowest BCUT2D eigenvalue weighted by Gasteiger charge is -2.09. The fourth-order valence-corrected chi connectivity index (χ4v) is 1.38. The summed E-state index contributed by atoms with van der Waals surface area (Å²) in [7, 11) is 0. The van der Waals surface area contributed by atoms with Crippen LogP contribution in [0.3, 0.4) is 0 Å². The number of rotatable bonds is 3. The molecule has 0 spiro atoms. The molecule has 0 heterocycles. The van der Waals surface area contributed by atoms with Gasteiger partial charge in [0.05, 0.1) is 0 Å². The summed E-state index contributed by atoms with van der Waals surface area (Å²) in [6.45, 7) is 0. The van der Waals surface area contributed by atoms with Crippen molar-refractivity contribution in [1.82, 2.24) is 0 Å². The number of nitrogens with one attached hydrogen (secondary N) is 1. The molecule has 0 saturated heterocycles. The van der Waals surface area contributed by atoms with Gasteiger partial charge in [0.25, 0.3) is 0 Å². The Labute approximate surface area is 68.3 Å². The Morgan fingerprint density at radius 2 is 2.36 bits per heavy atom. The van der Waals surface area contributed by atoms with E-state index in [-0.39, 0.29) is 0 Å². The van der Waals surface area contributed by atoms with Crippen molar-refractivity contribution in [2.24, 2.45) is 0 Å². The summed E-state index contributed by atoms with van der Waals surface area (Å²) in [5.74, 6) is 0. The average molecular weight is 149 g/mol. The monoisotopic (exact) mass is 149 g/mol. The highest BCUT2D eigenvalue weighted by atomic mass is 14.3. The lowest BCUT2D eigenvalue weighted by Crippen LogP contribution is -1.89. The largest absolute Gasteiger partial charge is 0.309 e. The van der Waals surface area contributed by atoms with Crippen molar-refractivity contribution in [2.75, 3.05) is 0 Å². The van der Waals surface area contributed by atoms with Crippen LogP contribution in [0, 0.1) is 5.41 Å². The minimum absolute atomic E-state index is 1.05. The fraction of sp³-hybridized carbons (Fsp3) is 0.500. The van der Waals surface area contributed by atoms with Crippen molar-refractivity contribution in [3.8, 4) is 0 Å². The molecular formula is C10H15N. The van der Waals surface area contributed by atoms with E-state index in [9.17, 15) is 0 Å². The molecule has 1 aliphatic rings. The zero-order valence-electron chi connectivity index (χ0n) is 6.84. The van der Waals surface area contributed by atoms with E-state index in [1.807, 2.05) is 0 Å². The van der Waals surface area contributed by atoms with Gasteiger partial charge in [0.15, 0.2) is 0 Å². The lowest BCUT2D eigenvalue weighted by molar-refractivity contribution is 0.691. The van der Waals surface area contributed by atoms with E-state index in [0.717, 1.165) is 6.42 Å². The molecule has 1 N–H and O–H groups in total. The van der Waals surface area contributed by atoms with E-state index >= 15 is 0 Å². The summed E-state index contributed by atoms with van der Waals surface area (Å²) >= 11 is 0. The van der Waals surface area contributed by atoms with Crippen LogP contribution in [0.5, 0.6) is 0 Å². The molecule has 0 aromatic carbocycles. The van der Waals surface area contributed by atoms with E-state index in [2.05, 4.69) is 12.2 Å². The third kappa shape index (κ3) is 3.17. The molecule has 0 saturated carbocycles. The van der Waals surface area contributed by atoms with E-state index < -0.39 is 0 Å². The van der Waals surface area contributed by atoms with Gasteiger partial charge in [-0.3, -0.25) is 0 Å². The predicted octanol–water partition coefficient (Wildman–Crippen LogP) is 3.08. The Balaban J connectivity index is 2.29. The first-order chi connectivity index (χ1) is 5.43. The van der Waals surface area contributed by atoms with Crippen molar-refractivity contribution >= 4 is 6.21 Å². The Hall–Kier alpha value is -0.850. The summed E-state index contributed by atoms with van der Waals surface area (Å²) in [4.78, 5) is 0. The smallest absolute Gasteiger partial charge is 0.0174 e. The summed E-state index contributed by atoms with van der Waals surface area (Å²) in [6.07, 6.45) is 13.8. The molecule has 0 atom stereocenters. The van der Waals surface area contributed by atoms with Gasteiger partial charge in [-0.2, -0.15) is 0 Å². The molecule has 1 aliphatic carbocycles. The van der Waals surface area contributed by atoms with Crippen LogP contribution in [0.15, 0.2) is 23.8 Å². The van der Waals surface area contributed by atoms with E-state index in [0.29, 0.717) is 0 Å². The second-order valence-corrected chi connectivity index (χ2v) is 2.91. The molecule has 11 heavy (non-hydrogen) atoms.